The van der Waals surface area contributed by atoms with Crippen LogP contribution in [0.4, 0.5) is 0 Å². The third-order valence-electron chi connectivity index (χ3n) is 3.35. The molecule has 0 spiro atoms. The first kappa shape index (κ1) is 12.2. The van der Waals surface area contributed by atoms with E-state index >= 15 is 0 Å². The maximum atomic E-state index is 6.03. The van der Waals surface area contributed by atoms with Gasteiger partial charge in [-0.25, -0.2) is 4.98 Å². The highest BCUT2D eigenvalue weighted by Crippen LogP contribution is 2.26. The van der Waals surface area contributed by atoms with Gasteiger partial charge in [0.25, 0.3) is 0 Å². The fourth-order valence-corrected chi connectivity index (χ4v) is 2.60. The van der Waals surface area contributed by atoms with E-state index in [1.807, 2.05) is 24.3 Å². The van der Waals surface area contributed by atoms with Gasteiger partial charge in [0.1, 0.15) is 11.3 Å². The first-order valence-electron chi connectivity index (χ1n) is 6.23. The molecule has 0 aliphatic rings. The molecule has 0 N–H and O–H groups in total. The maximum Gasteiger partial charge on any atom is 0.125 e. The Balaban J connectivity index is 2.18. The summed E-state index contributed by atoms with van der Waals surface area (Å²) in [6.07, 6.45) is 3.57. The molecule has 0 aliphatic heterocycles. The summed E-state index contributed by atoms with van der Waals surface area (Å²) in [6.45, 7) is 2.16. The average Bonchev–Trinajstić information content (AvgIpc) is 2.86. The lowest BCUT2D eigenvalue weighted by Gasteiger charge is -2.17. The van der Waals surface area contributed by atoms with Gasteiger partial charge in [0.2, 0.25) is 0 Å². The zero-order valence-corrected chi connectivity index (χ0v) is 11.4. The van der Waals surface area contributed by atoms with Crippen molar-refractivity contribution in [1.82, 2.24) is 14.5 Å². The number of nitrogens with zero attached hydrogens (tertiary/aromatic N) is 3. The lowest BCUT2D eigenvalue weighted by Crippen LogP contribution is -2.09. The number of hydrogen-bond donors (Lipinski definition) is 0. The fourth-order valence-electron chi connectivity index (χ4n) is 2.41. The summed E-state index contributed by atoms with van der Waals surface area (Å²) in [5.41, 5.74) is 3.20. The number of aromatic nitrogens is 3. The van der Waals surface area contributed by atoms with E-state index in [9.17, 15) is 0 Å². The normalized spacial score (nSPS) is 12.7. The molecular formula is C15H14ClN3. The van der Waals surface area contributed by atoms with Crippen LogP contribution >= 0.6 is 11.6 Å². The Hall–Kier alpha value is -1.87. The topological polar surface area (TPSA) is 30.7 Å². The van der Waals surface area contributed by atoms with Crippen molar-refractivity contribution in [2.75, 3.05) is 0 Å². The van der Waals surface area contributed by atoms with Crippen molar-refractivity contribution < 1.29 is 0 Å². The smallest absolute Gasteiger partial charge is 0.125 e. The van der Waals surface area contributed by atoms with E-state index < -0.39 is 0 Å². The number of imidazole rings is 1. The summed E-state index contributed by atoms with van der Waals surface area (Å²) in [4.78, 5) is 8.66. The molecule has 1 aromatic carbocycles. The third-order valence-corrected chi connectivity index (χ3v) is 3.59. The van der Waals surface area contributed by atoms with E-state index in [4.69, 9.17) is 11.6 Å². The second-order valence-electron chi connectivity index (χ2n) is 4.48. The monoisotopic (exact) mass is 271 g/mol. The van der Waals surface area contributed by atoms with Crippen molar-refractivity contribution in [3.63, 3.8) is 0 Å². The predicted octanol–water partition coefficient (Wildman–Crippen LogP) is 3.78. The number of halogens is 1. The van der Waals surface area contributed by atoms with Crippen molar-refractivity contribution in [3.8, 4) is 0 Å². The molecule has 0 fully saturated rings. The Morgan fingerprint density at radius 2 is 2.00 bits per heavy atom. The van der Waals surface area contributed by atoms with Gasteiger partial charge in [0.15, 0.2) is 0 Å². The van der Waals surface area contributed by atoms with Gasteiger partial charge in [0.05, 0.1) is 23.6 Å². The zero-order chi connectivity index (χ0) is 13.2. The van der Waals surface area contributed by atoms with E-state index in [1.165, 1.54) is 5.56 Å². The molecule has 3 rings (SSSR count). The lowest BCUT2D eigenvalue weighted by atomic mass is 10.1. The highest BCUT2D eigenvalue weighted by atomic mass is 35.5. The Morgan fingerprint density at radius 1 is 1.21 bits per heavy atom. The molecule has 1 atom stereocenters. The van der Waals surface area contributed by atoms with Crippen molar-refractivity contribution in [1.29, 1.82) is 0 Å². The highest BCUT2D eigenvalue weighted by molar-refractivity contribution is 6.16. The van der Waals surface area contributed by atoms with Crippen LogP contribution in [0.1, 0.15) is 24.4 Å². The zero-order valence-electron chi connectivity index (χ0n) is 10.6. The Kier molecular flexibility index (Phi) is 3.22. The molecule has 0 radical (unpaired) electrons. The molecule has 3 aromatic rings. The number of hydrogen-bond acceptors (Lipinski definition) is 2. The van der Waals surface area contributed by atoms with Crippen LogP contribution < -0.4 is 0 Å². The molecule has 2 aromatic heterocycles. The summed E-state index contributed by atoms with van der Waals surface area (Å²) in [6, 6.07) is 12.5. The molecule has 2 heterocycles. The minimum absolute atomic E-state index is 0.197. The summed E-state index contributed by atoms with van der Waals surface area (Å²) in [5.74, 6) is 1.27. The Morgan fingerprint density at radius 3 is 2.74 bits per heavy atom. The van der Waals surface area contributed by atoms with Crippen LogP contribution in [0.25, 0.3) is 11.0 Å². The number of alkyl halides is 1. The second kappa shape index (κ2) is 5.02. The van der Waals surface area contributed by atoms with Gasteiger partial charge in [0, 0.05) is 6.20 Å². The Bertz CT molecular complexity index is 691. The molecule has 96 valence electrons. The largest absolute Gasteiger partial charge is 0.320 e. The van der Waals surface area contributed by atoms with Crippen molar-refractivity contribution in [3.05, 3.63) is 60.2 Å². The summed E-state index contributed by atoms with van der Waals surface area (Å²) in [5, 5.41) is 0. The molecule has 0 saturated heterocycles. The van der Waals surface area contributed by atoms with Gasteiger partial charge in [-0.3, -0.25) is 4.98 Å². The minimum atomic E-state index is 0.197. The maximum absolute atomic E-state index is 6.03. The van der Waals surface area contributed by atoms with E-state index in [-0.39, 0.29) is 6.04 Å². The fraction of sp³-hybridized carbons (Fsp3) is 0.200. The number of fused-ring (bicyclic) bond motifs is 1. The van der Waals surface area contributed by atoms with Gasteiger partial charge in [-0.2, -0.15) is 0 Å². The van der Waals surface area contributed by atoms with Crippen LogP contribution in [0, 0.1) is 0 Å². The third kappa shape index (κ3) is 2.10. The van der Waals surface area contributed by atoms with Gasteiger partial charge in [-0.05, 0) is 18.6 Å². The highest BCUT2D eigenvalue weighted by Gasteiger charge is 2.16. The summed E-state index contributed by atoms with van der Waals surface area (Å²) < 4.78 is 2.18. The molecule has 19 heavy (non-hydrogen) atoms. The number of rotatable bonds is 3. The molecule has 0 amide bonds. The van der Waals surface area contributed by atoms with E-state index in [1.54, 1.807) is 12.4 Å². The number of benzene rings is 1. The molecule has 0 aliphatic carbocycles. The van der Waals surface area contributed by atoms with Gasteiger partial charge in [-0.15, -0.1) is 11.6 Å². The summed E-state index contributed by atoms with van der Waals surface area (Å²) in [7, 11) is 0. The van der Waals surface area contributed by atoms with Gasteiger partial charge in [-0.1, -0.05) is 30.3 Å². The lowest BCUT2D eigenvalue weighted by molar-refractivity contribution is 0.634. The molecule has 4 heteroatoms. The van der Waals surface area contributed by atoms with Crippen LogP contribution in [-0.2, 0) is 5.88 Å². The van der Waals surface area contributed by atoms with E-state index in [0.29, 0.717) is 5.88 Å². The first-order chi connectivity index (χ1) is 9.31. The van der Waals surface area contributed by atoms with Crippen LogP contribution in [0.15, 0.2) is 48.8 Å². The predicted molar refractivity (Wildman–Crippen MR) is 77.3 cm³/mol. The van der Waals surface area contributed by atoms with Gasteiger partial charge >= 0.3 is 0 Å². The molecule has 3 nitrogen and oxygen atoms in total. The molecule has 0 bridgehead atoms. The average molecular weight is 272 g/mol. The quantitative estimate of drug-likeness (QED) is 0.679. The number of pyridine rings is 1. The SMILES string of the molecule is CC(c1ccccc1)n1c(CCl)nc2cnccc21. The van der Waals surface area contributed by atoms with Crippen LogP contribution in [0.2, 0.25) is 0 Å². The minimum Gasteiger partial charge on any atom is -0.320 e. The van der Waals surface area contributed by atoms with Crippen LogP contribution in [-0.4, -0.2) is 14.5 Å². The molecule has 1 unspecified atom stereocenters. The standard InChI is InChI=1S/C15H14ClN3/c1-11(12-5-3-2-4-6-12)19-14-7-8-17-10-13(14)18-15(19)9-16/h2-8,10-11H,9H2,1H3. The van der Waals surface area contributed by atoms with Crippen LogP contribution in [0.5, 0.6) is 0 Å². The van der Waals surface area contributed by atoms with Crippen molar-refractivity contribution >= 4 is 22.6 Å². The van der Waals surface area contributed by atoms with Crippen LogP contribution in [0.3, 0.4) is 0 Å². The molecular weight excluding hydrogens is 258 g/mol. The van der Waals surface area contributed by atoms with Crippen molar-refractivity contribution in [2.45, 2.75) is 18.8 Å². The Labute approximate surface area is 116 Å². The van der Waals surface area contributed by atoms with Crippen molar-refractivity contribution in [2.24, 2.45) is 0 Å². The van der Waals surface area contributed by atoms with E-state index in [2.05, 4.69) is 33.6 Å². The molecule has 0 saturated carbocycles. The van der Waals surface area contributed by atoms with Gasteiger partial charge < -0.3 is 4.57 Å². The first-order valence-corrected chi connectivity index (χ1v) is 6.76. The van der Waals surface area contributed by atoms with E-state index in [0.717, 1.165) is 16.9 Å². The summed E-state index contributed by atoms with van der Waals surface area (Å²) >= 11 is 6.03. The second-order valence-corrected chi connectivity index (χ2v) is 4.75.